The summed E-state index contributed by atoms with van der Waals surface area (Å²) in [5, 5.41) is 8.48. The van der Waals surface area contributed by atoms with Crippen LogP contribution in [0.4, 0.5) is 0 Å². The van der Waals surface area contributed by atoms with Crippen LogP contribution in [0.2, 0.25) is 0 Å². The van der Waals surface area contributed by atoms with E-state index in [0.717, 1.165) is 44.9 Å². The average Bonchev–Trinajstić information content (AvgIpc) is 2.43. The first-order chi connectivity index (χ1) is 9.77. The Hall–Kier alpha value is -1.57. The molecule has 0 unspecified atom stereocenters. The molecule has 0 aromatic rings. The Kier molecular flexibility index (Phi) is 14.3. The van der Waals surface area contributed by atoms with Crippen molar-refractivity contribution in [3.8, 4) is 0 Å². The number of hydrogen-bond acceptors (Lipinski definition) is 1. The number of carboxylic acid groups (broad SMARTS) is 1. The second-order valence-electron chi connectivity index (χ2n) is 4.67. The molecule has 0 fully saturated rings. The van der Waals surface area contributed by atoms with Crippen molar-refractivity contribution in [2.75, 3.05) is 0 Å². The van der Waals surface area contributed by atoms with Crippen molar-refractivity contribution in [1.82, 2.24) is 0 Å². The zero-order valence-electron chi connectivity index (χ0n) is 12.6. The van der Waals surface area contributed by atoms with Crippen molar-refractivity contribution < 1.29 is 9.90 Å². The van der Waals surface area contributed by atoms with Gasteiger partial charge in [0.15, 0.2) is 0 Å². The molecule has 0 amide bonds. The molecule has 0 rings (SSSR count). The predicted molar refractivity (Wildman–Crippen MR) is 86.8 cm³/mol. The van der Waals surface area contributed by atoms with Crippen LogP contribution in [-0.4, -0.2) is 11.1 Å². The van der Waals surface area contributed by atoms with E-state index in [1.54, 1.807) is 0 Å². The van der Waals surface area contributed by atoms with Crippen LogP contribution in [0.5, 0.6) is 0 Å². The van der Waals surface area contributed by atoms with Crippen molar-refractivity contribution in [3.63, 3.8) is 0 Å². The normalized spacial score (nSPS) is 12.4. The second-order valence-corrected chi connectivity index (χ2v) is 4.67. The van der Waals surface area contributed by atoms with E-state index in [9.17, 15) is 4.79 Å². The molecule has 0 atom stereocenters. The highest BCUT2D eigenvalue weighted by Crippen LogP contribution is 2.01. The summed E-state index contributed by atoms with van der Waals surface area (Å²) in [6, 6.07) is 0. The number of aliphatic carboxylic acids is 1. The summed E-state index contributed by atoms with van der Waals surface area (Å²) < 4.78 is 0. The fraction of sp³-hybridized carbons (Fsp3) is 0.500. The van der Waals surface area contributed by atoms with Gasteiger partial charge < -0.3 is 5.11 Å². The largest absolute Gasteiger partial charge is 0.481 e. The Morgan fingerprint density at radius 1 is 0.800 bits per heavy atom. The van der Waals surface area contributed by atoms with Gasteiger partial charge in [-0.2, -0.15) is 0 Å². The molecule has 0 radical (unpaired) electrons. The Morgan fingerprint density at radius 2 is 1.35 bits per heavy atom. The molecule has 2 heteroatoms. The molecule has 2 nitrogen and oxygen atoms in total. The smallest absolute Gasteiger partial charge is 0.303 e. The highest BCUT2D eigenvalue weighted by Gasteiger charge is 1.93. The lowest BCUT2D eigenvalue weighted by atomic mass is 10.2. The molecule has 1 N–H and O–H groups in total. The van der Waals surface area contributed by atoms with Gasteiger partial charge in [0.25, 0.3) is 0 Å². The van der Waals surface area contributed by atoms with Crippen LogP contribution >= 0.6 is 0 Å². The molecule has 0 saturated heterocycles. The third-order valence-electron chi connectivity index (χ3n) is 2.79. The topological polar surface area (TPSA) is 37.3 Å². The molecule has 0 aliphatic carbocycles. The minimum Gasteiger partial charge on any atom is -0.481 e. The monoisotopic (exact) mass is 276 g/mol. The Labute approximate surface area is 123 Å². The van der Waals surface area contributed by atoms with Crippen LogP contribution in [0.25, 0.3) is 0 Å². The zero-order valence-corrected chi connectivity index (χ0v) is 12.6. The summed E-state index contributed by atoms with van der Waals surface area (Å²) in [6.45, 7) is 2.05. The van der Waals surface area contributed by atoms with Crippen LogP contribution in [0.15, 0.2) is 48.6 Å². The maximum Gasteiger partial charge on any atom is 0.303 e. The standard InChI is InChI=1S/C18H28O2/c1-2-3-4-5-6-7-8-9-10-11-12-13-14-15-16-17-18(19)20/h2-3,6-7,9-10,12-13H,4-5,8,11,14-17H2,1H3,(H,19,20). The number of hydrogen-bond donors (Lipinski definition) is 1. The summed E-state index contributed by atoms with van der Waals surface area (Å²) in [6.07, 6.45) is 24.5. The summed E-state index contributed by atoms with van der Waals surface area (Å²) in [5.41, 5.74) is 0. The van der Waals surface area contributed by atoms with Crippen LogP contribution in [-0.2, 0) is 4.79 Å². The van der Waals surface area contributed by atoms with Gasteiger partial charge in [-0.05, 0) is 51.9 Å². The summed E-state index contributed by atoms with van der Waals surface area (Å²) in [5.74, 6) is -0.698. The first-order valence-corrected chi connectivity index (χ1v) is 7.55. The lowest BCUT2D eigenvalue weighted by Crippen LogP contribution is -1.92. The van der Waals surface area contributed by atoms with Crippen molar-refractivity contribution in [3.05, 3.63) is 48.6 Å². The third kappa shape index (κ3) is 16.4. The maximum atomic E-state index is 10.3. The van der Waals surface area contributed by atoms with E-state index in [4.69, 9.17) is 5.11 Å². The molecule has 0 saturated carbocycles. The van der Waals surface area contributed by atoms with Crippen LogP contribution in [0.1, 0.15) is 58.3 Å². The van der Waals surface area contributed by atoms with Crippen molar-refractivity contribution in [1.29, 1.82) is 0 Å². The molecule has 0 aromatic carbocycles. The quantitative estimate of drug-likeness (QED) is 0.381. The summed E-state index contributed by atoms with van der Waals surface area (Å²) >= 11 is 0. The Bertz CT molecular complexity index is 335. The highest BCUT2D eigenvalue weighted by molar-refractivity contribution is 5.66. The fourth-order valence-corrected chi connectivity index (χ4v) is 1.68. The second kappa shape index (κ2) is 15.5. The number of carboxylic acids is 1. The molecular weight excluding hydrogens is 248 g/mol. The van der Waals surface area contributed by atoms with Gasteiger partial charge in [-0.25, -0.2) is 0 Å². The lowest BCUT2D eigenvalue weighted by molar-refractivity contribution is -0.137. The molecule has 112 valence electrons. The molecule has 0 aliphatic rings. The van der Waals surface area contributed by atoms with Gasteiger partial charge in [0.2, 0.25) is 0 Å². The predicted octanol–water partition coefficient (Wildman–Crippen LogP) is 5.44. The molecule has 0 bridgehead atoms. The average molecular weight is 276 g/mol. The Morgan fingerprint density at radius 3 is 1.95 bits per heavy atom. The van der Waals surface area contributed by atoms with E-state index < -0.39 is 5.97 Å². The molecule has 20 heavy (non-hydrogen) atoms. The molecule has 0 aliphatic heterocycles. The van der Waals surface area contributed by atoms with E-state index in [1.807, 2.05) is 6.92 Å². The minimum atomic E-state index is -0.698. The van der Waals surface area contributed by atoms with E-state index in [-0.39, 0.29) is 6.42 Å². The number of rotatable bonds is 12. The zero-order chi connectivity index (χ0) is 14.9. The first kappa shape index (κ1) is 18.4. The van der Waals surface area contributed by atoms with E-state index in [2.05, 4.69) is 48.6 Å². The minimum absolute atomic E-state index is 0.286. The van der Waals surface area contributed by atoms with Crippen LogP contribution < -0.4 is 0 Å². The molecule has 0 spiro atoms. The van der Waals surface area contributed by atoms with E-state index in [0.29, 0.717) is 0 Å². The van der Waals surface area contributed by atoms with Crippen LogP contribution in [0, 0.1) is 0 Å². The molecule has 0 heterocycles. The number of allylic oxidation sites excluding steroid dienone is 8. The fourth-order valence-electron chi connectivity index (χ4n) is 1.68. The highest BCUT2D eigenvalue weighted by atomic mass is 16.4. The summed E-state index contributed by atoms with van der Waals surface area (Å²) in [7, 11) is 0. The van der Waals surface area contributed by atoms with E-state index >= 15 is 0 Å². The SMILES string of the molecule is CC=CCCC=CCC=CCC=CCCCCC(=O)O. The van der Waals surface area contributed by atoms with Gasteiger partial charge in [0, 0.05) is 6.42 Å². The van der Waals surface area contributed by atoms with Crippen molar-refractivity contribution in [2.24, 2.45) is 0 Å². The van der Waals surface area contributed by atoms with Gasteiger partial charge in [0.1, 0.15) is 0 Å². The van der Waals surface area contributed by atoms with Gasteiger partial charge in [0.05, 0.1) is 0 Å². The van der Waals surface area contributed by atoms with E-state index in [1.165, 1.54) is 0 Å². The van der Waals surface area contributed by atoms with Crippen molar-refractivity contribution >= 4 is 5.97 Å². The van der Waals surface area contributed by atoms with Gasteiger partial charge in [-0.15, -0.1) is 0 Å². The molecule has 0 aromatic heterocycles. The molecular formula is C18H28O2. The van der Waals surface area contributed by atoms with Gasteiger partial charge in [-0.1, -0.05) is 48.6 Å². The van der Waals surface area contributed by atoms with Crippen molar-refractivity contribution in [2.45, 2.75) is 58.3 Å². The first-order valence-electron chi connectivity index (χ1n) is 7.55. The van der Waals surface area contributed by atoms with Gasteiger partial charge in [-0.3, -0.25) is 4.79 Å². The van der Waals surface area contributed by atoms with Gasteiger partial charge >= 0.3 is 5.97 Å². The Balaban J connectivity index is 3.36. The lowest BCUT2D eigenvalue weighted by Gasteiger charge is -1.92. The van der Waals surface area contributed by atoms with Crippen LogP contribution in [0.3, 0.4) is 0 Å². The summed E-state index contributed by atoms with van der Waals surface area (Å²) in [4.78, 5) is 10.3. The maximum absolute atomic E-state index is 10.3. The number of unbranched alkanes of at least 4 members (excludes halogenated alkanes) is 3. The number of carbonyl (C=O) groups is 1. The third-order valence-corrected chi connectivity index (χ3v) is 2.79.